The second-order valence-electron chi connectivity index (χ2n) is 9.47. The molecule has 0 saturated carbocycles. The van der Waals surface area contributed by atoms with Crippen molar-refractivity contribution in [1.82, 2.24) is 5.32 Å². The molecule has 0 aliphatic heterocycles. The number of hydrogen-bond acceptors (Lipinski definition) is 4. The maximum atomic E-state index is 12.4. The predicted molar refractivity (Wildman–Crippen MR) is 142 cm³/mol. The molecule has 1 aromatic heterocycles. The van der Waals surface area contributed by atoms with E-state index in [4.69, 9.17) is 14.2 Å². The topological polar surface area (TPSA) is 60.7 Å². The summed E-state index contributed by atoms with van der Waals surface area (Å²) in [7, 11) is 0. The second kappa shape index (κ2) is 24.2. The van der Waals surface area contributed by atoms with Crippen molar-refractivity contribution < 1.29 is 23.6 Å². The van der Waals surface area contributed by atoms with Crippen molar-refractivity contribution in [3.63, 3.8) is 0 Å². The molecule has 6 heteroatoms. The zero-order valence-corrected chi connectivity index (χ0v) is 22.7. The monoisotopic (exact) mass is 493 g/mol. The highest BCUT2D eigenvalue weighted by atomic mass is 16.7. The average Bonchev–Trinajstić information content (AvgIpc) is 2.88. The number of pyridine rings is 1. The van der Waals surface area contributed by atoms with Gasteiger partial charge in [0.05, 0.1) is 6.61 Å². The molecule has 0 aliphatic carbocycles. The van der Waals surface area contributed by atoms with E-state index in [0.29, 0.717) is 18.9 Å². The number of nitrogens with one attached hydrogen (secondary N) is 1. The van der Waals surface area contributed by atoms with Gasteiger partial charge in [0.15, 0.2) is 12.4 Å². The highest BCUT2D eigenvalue weighted by molar-refractivity contribution is 5.93. The number of ether oxygens (including phenoxy) is 3. The van der Waals surface area contributed by atoms with Gasteiger partial charge in [0, 0.05) is 12.7 Å². The number of hydrogen-bond donors (Lipinski definition) is 1. The highest BCUT2D eigenvalue weighted by Crippen LogP contribution is 2.09. The molecule has 6 nitrogen and oxygen atoms in total. The van der Waals surface area contributed by atoms with Gasteiger partial charge in [0.1, 0.15) is 19.1 Å². The first-order valence-corrected chi connectivity index (χ1v) is 14.3. The van der Waals surface area contributed by atoms with Gasteiger partial charge >= 0.3 is 0 Å². The van der Waals surface area contributed by atoms with E-state index >= 15 is 0 Å². The van der Waals surface area contributed by atoms with Crippen molar-refractivity contribution in [2.24, 2.45) is 0 Å². The molecule has 0 atom stereocenters. The van der Waals surface area contributed by atoms with Crippen LogP contribution >= 0.6 is 0 Å². The molecule has 0 bridgehead atoms. The molecule has 1 rings (SSSR count). The molecule has 1 N–H and O–H groups in total. The van der Waals surface area contributed by atoms with E-state index in [-0.39, 0.29) is 19.4 Å². The maximum absolute atomic E-state index is 12.4. The summed E-state index contributed by atoms with van der Waals surface area (Å²) in [5.74, 6) is -0.162. The normalized spacial score (nSPS) is 11.1. The first-order valence-electron chi connectivity index (χ1n) is 14.3. The van der Waals surface area contributed by atoms with E-state index in [0.717, 1.165) is 19.4 Å². The van der Waals surface area contributed by atoms with E-state index in [1.807, 2.05) is 23.0 Å². The molecule has 0 radical (unpaired) electrons. The minimum Gasteiger partial charge on any atom is -0.355 e. The van der Waals surface area contributed by atoms with E-state index in [9.17, 15) is 4.79 Å². The van der Waals surface area contributed by atoms with Crippen LogP contribution in [0.15, 0.2) is 24.5 Å². The number of unbranched alkanes of at least 4 members (excludes halogenated alkanes) is 14. The van der Waals surface area contributed by atoms with Crippen LogP contribution in [0, 0.1) is 0 Å². The number of carbonyl (C=O) groups is 1. The Morgan fingerprint density at radius 2 is 1.29 bits per heavy atom. The smallest absolute Gasteiger partial charge is 0.259 e. The lowest BCUT2D eigenvalue weighted by Gasteiger charge is -2.07. The van der Waals surface area contributed by atoms with Gasteiger partial charge < -0.3 is 19.5 Å². The van der Waals surface area contributed by atoms with Gasteiger partial charge in [0.25, 0.3) is 12.6 Å². The largest absolute Gasteiger partial charge is 0.355 e. The van der Waals surface area contributed by atoms with Gasteiger partial charge in [-0.15, -0.1) is 0 Å². The van der Waals surface area contributed by atoms with Gasteiger partial charge in [-0.05, 0) is 18.9 Å². The Kier molecular flexibility index (Phi) is 21.8. The van der Waals surface area contributed by atoms with Crippen molar-refractivity contribution >= 4 is 5.91 Å². The van der Waals surface area contributed by atoms with Gasteiger partial charge in [-0.25, -0.2) is 0 Å². The SMILES string of the molecule is CCCCCCCCCCOCOCNC(=O)c1ccc[n+](COCCCCCCCCCC)c1. The van der Waals surface area contributed by atoms with Gasteiger partial charge in [-0.1, -0.05) is 104 Å². The fourth-order valence-electron chi connectivity index (χ4n) is 3.96. The van der Waals surface area contributed by atoms with Gasteiger partial charge in [-0.3, -0.25) is 4.79 Å². The molecule has 0 aliphatic rings. The third-order valence-corrected chi connectivity index (χ3v) is 6.15. The molecule has 0 spiro atoms. The summed E-state index contributed by atoms with van der Waals surface area (Å²) in [5.41, 5.74) is 0.589. The maximum Gasteiger partial charge on any atom is 0.259 e. The third kappa shape index (κ3) is 19.4. The van der Waals surface area contributed by atoms with Crippen LogP contribution in [-0.4, -0.2) is 32.6 Å². The van der Waals surface area contributed by atoms with Crippen molar-refractivity contribution in [2.45, 2.75) is 123 Å². The fourth-order valence-corrected chi connectivity index (χ4v) is 3.96. The lowest BCUT2D eigenvalue weighted by molar-refractivity contribution is -0.732. The van der Waals surface area contributed by atoms with Crippen molar-refractivity contribution in [3.8, 4) is 0 Å². The summed E-state index contributed by atoms with van der Waals surface area (Å²) in [6, 6.07) is 3.66. The summed E-state index contributed by atoms with van der Waals surface area (Å²) in [5, 5.41) is 2.77. The molecular weight excluding hydrogens is 440 g/mol. The summed E-state index contributed by atoms with van der Waals surface area (Å²) < 4.78 is 18.5. The molecule has 0 aromatic carbocycles. The number of rotatable bonds is 25. The summed E-state index contributed by atoms with van der Waals surface area (Å²) >= 11 is 0. The zero-order chi connectivity index (χ0) is 25.2. The molecule has 0 unspecified atom stereocenters. The number of nitrogens with zero attached hydrogens (tertiary/aromatic N) is 1. The lowest BCUT2D eigenvalue weighted by Crippen LogP contribution is -2.37. The molecule has 0 saturated heterocycles. The zero-order valence-electron chi connectivity index (χ0n) is 22.7. The standard InChI is InChI=1S/C29H52N2O4/c1-3-5-7-9-11-13-15-17-22-33-26-31-21-19-20-28(24-31)29(32)30-25-35-27-34-23-18-16-14-12-10-8-6-4-2/h19-21,24H,3-18,22-23,25-27H2,1-2H3/p+1. The Morgan fingerprint density at radius 3 is 1.89 bits per heavy atom. The fraction of sp³-hybridized carbons (Fsp3) is 0.793. The molecule has 35 heavy (non-hydrogen) atoms. The first kappa shape index (κ1) is 31.5. The van der Waals surface area contributed by atoms with Crippen LogP contribution in [0.1, 0.15) is 127 Å². The lowest BCUT2D eigenvalue weighted by atomic mass is 10.1. The van der Waals surface area contributed by atoms with E-state index in [2.05, 4.69) is 19.2 Å². The summed E-state index contributed by atoms with van der Waals surface area (Å²) in [6.07, 6.45) is 24.3. The van der Waals surface area contributed by atoms with Gasteiger partial charge in [0.2, 0.25) is 0 Å². The van der Waals surface area contributed by atoms with Gasteiger partial charge in [-0.2, -0.15) is 4.57 Å². The Morgan fingerprint density at radius 1 is 0.743 bits per heavy atom. The Balaban J connectivity index is 2.00. The van der Waals surface area contributed by atoms with E-state index < -0.39 is 0 Å². The van der Waals surface area contributed by atoms with Crippen LogP contribution in [0.5, 0.6) is 0 Å². The van der Waals surface area contributed by atoms with Crippen molar-refractivity contribution in [3.05, 3.63) is 30.1 Å². The second-order valence-corrected chi connectivity index (χ2v) is 9.47. The van der Waals surface area contributed by atoms with Crippen LogP contribution in [0.4, 0.5) is 0 Å². The Bertz CT molecular complexity index is 612. The minimum absolute atomic E-state index is 0.139. The van der Waals surface area contributed by atoms with Crippen LogP contribution in [0.25, 0.3) is 0 Å². The third-order valence-electron chi connectivity index (χ3n) is 6.15. The Hall–Kier alpha value is -1.50. The summed E-state index contributed by atoms with van der Waals surface area (Å²) in [6.45, 7) is 6.77. The van der Waals surface area contributed by atoms with Crippen LogP contribution in [0.3, 0.4) is 0 Å². The van der Waals surface area contributed by atoms with Crippen LogP contribution in [-0.2, 0) is 20.9 Å². The van der Waals surface area contributed by atoms with Crippen molar-refractivity contribution in [1.29, 1.82) is 0 Å². The molecule has 1 heterocycles. The van der Waals surface area contributed by atoms with E-state index in [1.54, 1.807) is 6.07 Å². The summed E-state index contributed by atoms with van der Waals surface area (Å²) in [4.78, 5) is 12.4. The highest BCUT2D eigenvalue weighted by Gasteiger charge is 2.10. The molecular formula is C29H53N2O4+. The Labute approximate surface area is 215 Å². The first-order chi connectivity index (χ1) is 17.3. The van der Waals surface area contributed by atoms with Crippen LogP contribution in [0.2, 0.25) is 0 Å². The molecule has 1 aromatic rings. The molecule has 202 valence electrons. The quantitative estimate of drug-likeness (QED) is 0.0913. The average molecular weight is 494 g/mol. The number of carbonyl (C=O) groups excluding carboxylic acids is 1. The van der Waals surface area contributed by atoms with Crippen molar-refractivity contribution in [2.75, 3.05) is 26.7 Å². The molecule has 1 amide bonds. The van der Waals surface area contributed by atoms with Crippen LogP contribution < -0.4 is 9.88 Å². The minimum atomic E-state index is -0.162. The predicted octanol–water partition coefficient (Wildman–Crippen LogP) is 6.91. The molecule has 0 fully saturated rings. The van der Waals surface area contributed by atoms with E-state index in [1.165, 1.54) is 89.9 Å². The number of aromatic nitrogens is 1. The number of amides is 1.